The van der Waals surface area contributed by atoms with Crippen molar-refractivity contribution >= 4 is 15.9 Å². The quantitative estimate of drug-likeness (QED) is 0.678. The second-order valence-corrected chi connectivity index (χ2v) is 3.55. The monoisotopic (exact) mass is 223 g/mol. The number of hydrogen-bond donors (Lipinski definition) is 0. The van der Waals surface area contributed by atoms with Gasteiger partial charge in [-0.3, -0.25) is 0 Å². The van der Waals surface area contributed by atoms with Gasteiger partial charge in [0.15, 0.2) is 0 Å². The maximum Gasteiger partial charge on any atom is 0.239 e. The molecule has 0 unspecified atom stereocenters. The number of hydrogen-bond acceptors (Lipinski definition) is 0. The molecular weight excluding hydrogens is 214 g/mol. The number of halogens is 1. The van der Waals surface area contributed by atoms with Gasteiger partial charge in [0.25, 0.3) is 0 Å². The van der Waals surface area contributed by atoms with Crippen molar-refractivity contribution in [2.75, 3.05) is 0 Å². The third-order valence-electron chi connectivity index (χ3n) is 1.69. The van der Waals surface area contributed by atoms with Gasteiger partial charge in [-0.2, -0.15) is 0 Å². The highest BCUT2D eigenvalue weighted by molar-refractivity contribution is 9.10. The molecule has 1 rings (SSSR count). The van der Waals surface area contributed by atoms with Gasteiger partial charge in [-0.1, -0.05) is 22.9 Å². The number of benzene rings is 1. The van der Waals surface area contributed by atoms with Crippen LogP contribution in [0.25, 0.3) is 4.85 Å². The maximum absolute atomic E-state index is 6.75. The van der Waals surface area contributed by atoms with Gasteiger partial charge < -0.3 is 4.85 Å². The zero-order valence-corrected chi connectivity index (χ0v) is 8.56. The molecule has 12 heavy (non-hydrogen) atoms. The summed E-state index contributed by atoms with van der Waals surface area (Å²) in [6, 6.07) is 6.17. The molecule has 0 amide bonds. The Morgan fingerprint density at radius 3 is 2.58 bits per heavy atom. The van der Waals surface area contributed by atoms with Crippen LogP contribution in [0.3, 0.4) is 0 Å². The standard InChI is InChI=1S/C10H10BrN/c1-3-8-4-9(7-12-2)6-10(11)5-8/h4-6H,3,7H2,1H3. The summed E-state index contributed by atoms with van der Waals surface area (Å²) < 4.78 is 1.07. The van der Waals surface area contributed by atoms with Gasteiger partial charge in [-0.15, -0.1) is 0 Å². The molecule has 0 aromatic heterocycles. The summed E-state index contributed by atoms with van der Waals surface area (Å²) in [6.07, 6.45) is 1.02. The average molecular weight is 224 g/mol. The van der Waals surface area contributed by atoms with Crippen LogP contribution in [0.1, 0.15) is 18.1 Å². The van der Waals surface area contributed by atoms with E-state index in [1.807, 2.05) is 6.07 Å². The van der Waals surface area contributed by atoms with E-state index in [9.17, 15) is 0 Å². The van der Waals surface area contributed by atoms with E-state index in [1.54, 1.807) is 0 Å². The van der Waals surface area contributed by atoms with Crippen molar-refractivity contribution in [3.8, 4) is 0 Å². The highest BCUT2D eigenvalue weighted by Gasteiger charge is 1.99. The molecule has 0 radical (unpaired) electrons. The minimum atomic E-state index is 0.479. The first-order chi connectivity index (χ1) is 5.76. The molecule has 62 valence electrons. The van der Waals surface area contributed by atoms with Crippen molar-refractivity contribution in [3.05, 3.63) is 45.2 Å². The van der Waals surface area contributed by atoms with Gasteiger partial charge in [0.05, 0.1) is 0 Å². The van der Waals surface area contributed by atoms with E-state index in [0.29, 0.717) is 6.54 Å². The van der Waals surface area contributed by atoms with E-state index in [-0.39, 0.29) is 0 Å². The molecule has 1 nitrogen and oxygen atoms in total. The minimum absolute atomic E-state index is 0.479. The van der Waals surface area contributed by atoms with Gasteiger partial charge in [0.1, 0.15) is 0 Å². The molecule has 0 spiro atoms. The van der Waals surface area contributed by atoms with Crippen molar-refractivity contribution in [2.45, 2.75) is 19.9 Å². The molecule has 1 aromatic carbocycles. The topological polar surface area (TPSA) is 4.36 Å². The molecule has 2 heteroatoms. The van der Waals surface area contributed by atoms with E-state index in [2.05, 4.69) is 39.8 Å². The summed E-state index contributed by atoms with van der Waals surface area (Å²) in [5.41, 5.74) is 2.37. The summed E-state index contributed by atoms with van der Waals surface area (Å²) in [5, 5.41) is 0. The lowest BCUT2D eigenvalue weighted by atomic mass is 10.1. The SMILES string of the molecule is [C-]#[N+]Cc1cc(Br)cc(CC)c1. The van der Waals surface area contributed by atoms with E-state index < -0.39 is 0 Å². The molecule has 1 aromatic rings. The van der Waals surface area contributed by atoms with E-state index in [1.165, 1.54) is 5.56 Å². The molecule has 0 saturated heterocycles. The van der Waals surface area contributed by atoms with Crippen molar-refractivity contribution in [1.82, 2.24) is 0 Å². The van der Waals surface area contributed by atoms with Crippen LogP contribution in [-0.4, -0.2) is 0 Å². The van der Waals surface area contributed by atoms with E-state index in [0.717, 1.165) is 16.5 Å². The van der Waals surface area contributed by atoms with Crippen LogP contribution in [-0.2, 0) is 13.0 Å². The van der Waals surface area contributed by atoms with Crippen molar-refractivity contribution in [1.29, 1.82) is 0 Å². The lowest BCUT2D eigenvalue weighted by Crippen LogP contribution is -1.85. The lowest BCUT2D eigenvalue weighted by Gasteiger charge is -1.99. The first kappa shape index (κ1) is 9.28. The van der Waals surface area contributed by atoms with E-state index >= 15 is 0 Å². The second-order valence-electron chi connectivity index (χ2n) is 2.64. The molecule has 0 bridgehead atoms. The fraction of sp³-hybridized carbons (Fsp3) is 0.300. The summed E-state index contributed by atoms with van der Waals surface area (Å²) in [4.78, 5) is 3.35. The Balaban J connectivity index is 2.99. The highest BCUT2D eigenvalue weighted by Crippen LogP contribution is 2.16. The van der Waals surface area contributed by atoms with Crippen molar-refractivity contribution < 1.29 is 0 Å². The average Bonchev–Trinajstić information content (AvgIpc) is 2.04. The Hall–Kier alpha value is -0.810. The zero-order chi connectivity index (χ0) is 8.97. The fourth-order valence-corrected chi connectivity index (χ4v) is 1.69. The normalized spacial score (nSPS) is 9.42. The first-order valence-electron chi connectivity index (χ1n) is 3.88. The number of rotatable bonds is 2. The highest BCUT2D eigenvalue weighted by atomic mass is 79.9. The summed E-state index contributed by atoms with van der Waals surface area (Å²) >= 11 is 3.42. The molecular formula is C10H10BrN. The molecule has 0 heterocycles. The molecule has 0 aliphatic rings. The number of nitrogens with zero attached hydrogens (tertiary/aromatic N) is 1. The van der Waals surface area contributed by atoms with Gasteiger partial charge in [0, 0.05) is 10.0 Å². The van der Waals surface area contributed by atoms with Gasteiger partial charge in [-0.25, -0.2) is 6.57 Å². The lowest BCUT2D eigenvalue weighted by molar-refractivity contribution is 1.11. The fourth-order valence-electron chi connectivity index (χ4n) is 1.10. The van der Waals surface area contributed by atoms with Crippen molar-refractivity contribution in [2.24, 2.45) is 0 Å². The molecule has 0 aliphatic heterocycles. The predicted molar refractivity (Wildman–Crippen MR) is 53.8 cm³/mol. The van der Waals surface area contributed by atoms with Crippen LogP contribution in [0.4, 0.5) is 0 Å². The van der Waals surface area contributed by atoms with Gasteiger partial charge in [0.2, 0.25) is 6.54 Å². The van der Waals surface area contributed by atoms with Gasteiger partial charge >= 0.3 is 0 Å². The molecule has 0 fully saturated rings. The largest absolute Gasteiger partial charge is 0.312 e. The predicted octanol–water partition coefficient (Wildman–Crippen LogP) is 3.43. The maximum atomic E-state index is 6.75. The second kappa shape index (κ2) is 4.27. The molecule has 0 N–H and O–H groups in total. The van der Waals surface area contributed by atoms with Crippen LogP contribution in [0.5, 0.6) is 0 Å². The smallest absolute Gasteiger partial charge is 0.239 e. The number of aryl methyl sites for hydroxylation is 1. The van der Waals surface area contributed by atoms with Gasteiger partial charge in [-0.05, 0) is 30.2 Å². The van der Waals surface area contributed by atoms with Crippen LogP contribution >= 0.6 is 15.9 Å². The molecule has 0 atom stereocenters. The third kappa shape index (κ3) is 2.35. The Morgan fingerprint density at radius 2 is 2.00 bits per heavy atom. The van der Waals surface area contributed by atoms with Crippen LogP contribution < -0.4 is 0 Å². The van der Waals surface area contributed by atoms with Crippen LogP contribution in [0, 0.1) is 6.57 Å². The Bertz CT molecular complexity index is 312. The molecule has 0 saturated carbocycles. The first-order valence-corrected chi connectivity index (χ1v) is 4.67. The Kier molecular flexibility index (Phi) is 3.31. The zero-order valence-electron chi connectivity index (χ0n) is 6.97. The Labute approximate surface area is 81.4 Å². The van der Waals surface area contributed by atoms with Crippen LogP contribution in [0.2, 0.25) is 0 Å². The summed E-state index contributed by atoms with van der Waals surface area (Å²) in [6.45, 7) is 9.34. The third-order valence-corrected chi connectivity index (χ3v) is 2.15. The summed E-state index contributed by atoms with van der Waals surface area (Å²) in [7, 11) is 0. The molecule has 0 aliphatic carbocycles. The van der Waals surface area contributed by atoms with Crippen LogP contribution in [0.15, 0.2) is 22.7 Å². The van der Waals surface area contributed by atoms with E-state index in [4.69, 9.17) is 6.57 Å². The van der Waals surface area contributed by atoms with Crippen molar-refractivity contribution in [3.63, 3.8) is 0 Å². The Morgan fingerprint density at radius 1 is 1.33 bits per heavy atom. The minimum Gasteiger partial charge on any atom is -0.312 e. The summed E-state index contributed by atoms with van der Waals surface area (Å²) in [5.74, 6) is 0.